The molecule has 0 atom stereocenters. The summed E-state index contributed by atoms with van der Waals surface area (Å²) >= 11 is 10.8. The molecule has 0 saturated carbocycles. The van der Waals surface area contributed by atoms with E-state index < -0.39 is 5.97 Å². The number of amidine groups is 1. The predicted octanol–water partition coefficient (Wildman–Crippen LogP) is 5.04. The summed E-state index contributed by atoms with van der Waals surface area (Å²) < 4.78 is 6.11. The van der Waals surface area contributed by atoms with Crippen LogP contribution in [0.1, 0.15) is 15.9 Å². The second-order valence-electron chi connectivity index (χ2n) is 5.73. The molecule has 1 N–H and O–H groups in total. The summed E-state index contributed by atoms with van der Waals surface area (Å²) in [6.45, 7) is 0. The third kappa shape index (κ3) is 4.24. The van der Waals surface area contributed by atoms with E-state index in [0.717, 1.165) is 4.47 Å². The Kier molecular flexibility index (Phi) is 6.12. The molecule has 1 saturated heterocycles. The van der Waals surface area contributed by atoms with Crippen LogP contribution in [-0.2, 0) is 4.79 Å². The van der Waals surface area contributed by atoms with Crippen LogP contribution in [-0.4, -0.2) is 41.2 Å². The third-order valence-corrected chi connectivity index (χ3v) is 5.67. The summed E-state index contributed by atoms with van der Waals surface area (Å²) in [6.07, 6.45) is 1.70. The number of halogens is 2. The largest absolute Gasteiger partial charge is 0.495 e. The summed E-state index contributed by atoms with van der Waals surface area (Å²) in [5.74, 6) is -0.735. The van der Waals surface area contributed by atoms with E-state index in [1.54, 1.807) is 31.3 Å². The topological polar surface area (TPSA) is 79.2 Å². The van der Waals surface area contributed by atoms with Crippen LogP contribution in [0.3, 0.4) is 0 Å². The Bertz CT molecular complexity index is 1020. The van der Waals surface area contributed by atoms with Crippen molar-refractivity contribution in [1.82, 2.24) is 4.90 Å². The fraction of sp³-hybridized carbons (Fsp3) is 0.105. The van der Waals surface area contributed by atoms with Gasteiger partial charge in [-0.1, -0.05) is 27.5 Å². The predicted molar refractivity (Wildman–Crippen MR) is 115 cm³/mol. The molecule has 3 rings (SSSR count). The van der Waals surface area contributed by atoms with Gasteiger partial charge in [-0.25, -0.2) is 9.79 Å². The third-order valence-electron chi connectivity index (χ3n) is 3.87. The number of benzene rings is 2. The van der Waals surface area contributed by atoms with Crippen LogP contribution in [0, 0.1) is 0 Å². The maximum atomic E-state index is 12.6. The van der Waals surface area contributed by atoms with Crippen LogP contribution < -0.4 is 4.74 Å². The fourth-order valence-electron chi connectivity index (χ4n) is 2.48. The molecule has 0 aromatic heterocycles. The van der Waals surface area contributed by atoms with Gasteiger partial charge in [-0.05, 0) is 54.2 Å². The molecule has 0 radical (unpaired) electrons. The van der Waals surface area contributed by atoms with Crippen LogP contribution in [0.25, 0.3) is 6.08 Å². The Labute approximate surface area is 179 Å². The molecule has 2 aromatic carbocycles. The summed E-state index contributed by atoms with van der Waals surface area (Å²) in [7, 11) is 3.15. The standard InChI is InChI=1S/C19H14BrClN2O4S/c1-23-17(24)15(8-11-7-12(20)9-14(21)16(11)27-2)28-19(23)22-13-5-3-10(4-6-13)18(25)26/h3-9H,1-2H3,(H,25,26). The van der Waals surface area contributed by atoms with E-state index >= 15 is 0 Å². The first kappa shape index (κ1) is 20.4. The Balaban J connectivity index is 1.93. The van der Waals surface area contributed by atoms with Crippen molar-refractivity contribution in [3.05, 3.63) is 61.9 Å². The van der Waals surface area contributed by atoms with Gasteiger partial charge in [-0.2, -0.15) is 0 Å². The van der Waals surface area contributed by atoms with Gasteiger partial charge in [0.15, 0.2) is 5.17 Å². The van der Waals surface area contributed by atoms with Crippen LogP contribution in [0.4, 0.5) is 5.69 Å². The number of carboxylic acids is 1. The summed E-state index contributed by atoms with van der Waals surface area (Å²) in [6, 6.07) is 9.64. The number of likely N-dealkylation sites (N-methyl/N-ethyl adjacent to an activating group) is 1. The number of ether oxygens (including phenoxy) is 1. The molecule has 1 aliphatic heterocycles. The zero-order chi connectivity index (χ0) is 20.4. The minimum atomic E-state index is -1.01. The first-order valence-corrected chi connectivity index (χ1v) is 9.91. The fourth-order valence-corrected chi connectivity index (χ4v) is 4.37. The molecule has 0 unspecified atom stereocenters. The van der Waals surface area contributed by atoms with Crippen molar-refractivity contribution >= 4 is 68.1 Å². The summed E-state index contributed by atoms with van der Waals surface area (Å²) in [4.78, 5) is 29.9. The van der Waals surface area contributed by atoms with E-state index in [4.69, 9.17) is 21.4 Å². The van der Waals surface area contributed by atoms with Gasteiger partial charge in [0.1, 0.15) is 5.75 Å². The lowest BCUT2D eigenvalue weighted by Gasteiger charge is -2.08. The van der Waals surface area contributed by atoms with Gasteiger partial charge in [0, 0.05) is 17.1 Å². The van der Waals surface area contributed by atoms with Crippen LogP contribution in [0.5, 0.6) is 5.75 Å². The van der Waals surface area contributed by atoms with E-state index in [0.29, 0.717) is 32.1 Å². The first-order valence-electron chi connectivity index (χ1n) is 7.93. The van der Waals surface area contributed by atoms with Crippen LogP contribution >= 0.6 is 39.3 Å². The van der Waals surface area contributed by atoms with Gasteiger partial charge in [0.2, 0.25) is 0 Å². The number of carbonyl (C=O) groups is 2. The SMILES string of the molecule is COc1c(Cl)cc(Br)cc1C=C1SC(=Nc2ccc(C(=O)O)cc2)N(C)C1=O. The number of carboxylic acid groups (broad SMARTS) is 1. The van der Waals surface area contributed by atoms with Crippen molar-refractivity contribution in [2.75, 3.05) is 14.2 Å². The van der Waals surface area contributed by atoms with Gasteiger partial charge < -0.3 is 9.84 Å². The molecule has 6 nitrogen and oxygen atoms in total. The lowest BCUT2D eigenvalue weighted by molar-refractivity contribution is -0.121. The Morgan fingerprint density at radius 1 is 1.32 bits per heavy atom. The van der Waals surface area contributed by atoms with Crippen molar-refractivity contribution < 1.29 is 19.4 Å². The molecule has 1 aliphatic rings. The molecule has 1 amide bonds. The van der Waals surface area contributed by atoms with Crippen LogP contribution in [0.15, 0.2) is 50.8 Å². The minimum Gasteiger partial charge on any atom is -0.495 e. The molecular formula is C19H14BrClN2O4S. The molecule has 28 heavy (non-hydrogen) atoms. The number of hydrogen-bond acceptors (Lipinski definition) is 5. The van der Waals surface area contributed by atoms with Crippen molar-refractivity contribution in [3.63, 3.8) is 0 Å². The van der Waals surface area contributed by atoms with Gasteiger partial charge in [-0.15, -0.1) is 0 Å². The maximum absolute atomic E-state index is 12.6. The lowest BCUT2D eigenvalue weighted by atomic mass is 10.2. The van der Waals surface area contributed by atoms with E-state index in [9.17, 15) is 9.59 Å². The second kappa shape index (κ2) is 8.38. The van der Waals surface area contributed by atoms with Gasteiger partial charge >= 0.3 is 5.97 Å². The average molecular weight is 482 g/mol. The summed E-state index contributed by atoms with van der Waals surface area (Å²) in [5, 5.41) is 9.89. The molecule has 1 heterocycles. The Hall–Kier alpha value is -2.29. The van der Waals surface area contributed by atoms with E-state index in [1.807, 2.05) is 6.07 Å². The molecule has 0 spiro atoms. The summed E-state index contributed by atoms with van der Waals surface area (Å²) in [5.41, 5.74) is 1.39. The number of aliphatic imine (C=N–C) groups is 1. The highest BCUT2D eigenvalue weighted by Crippen LogP contribution is 2.38. The second-order valence-corrected chi connectivity index (χ2v) is 8.06. The smallest absolute Gasteiger partial charge is 0.335 e. The number of methoxy groups -OCH3 is 1. The highest BCUT2D eigenvalue weighted by molar-refractivity contribution is 9.10. The molecule has 144 valence electrons. The van der Waals surface area contributed by atoms with Crippen molar-refractivity contribution in [1.29, 1.82) is 0 Å². The minimum absolute atomic E-state index is 0.173. The monoisotopic (exact) mass is 480 g/mol. The number of thioether (sulfide) groups is 1. The molecule has 9 heteroatoms. The van der Waals surface area contributed by atoms with Gasteiger partial charge in [0.05, 0.1) is 28.3 Å². The molecule has 2 aromatic rings. The molecular weight excluding hydrogens is 468 g/mol. The Morgan fingerprint density at radius 3 is 2.61 bits per heavy atom. The molecule has 1 fully saturated rings. The number of nitrogens with zero attached hydrogens (tertiary/aromatic N) is 2. The number of aromatic carboxylic acids is 1. The van der Waals surface area contributed by atoms with Crippen molar-refractivity contribution in [3.8, 4) is 5.75 Å². The van der Waals surface area contributed by atoms with Crippen molar-refractivity contribution in [2.45, 2.75) is 0 Å². The van der Waals surface area contributed by atoms with Crippen LogP contribution in [0.2, 0.25) is 5.02 Å². The quantitative estimate of drug-likeness (QED) is 0.619. The number of amides is 1. The number of rotatable bonds is 4. The lowest BCUT2D eigenvalue weighted by Crippen LogP contribution is -2.23. The van der Waals surface area contributed by atoms with Gasteiger partial charge in [0.25, 0.3) is 5.91 Å². The highest BCUT2D eigenvalue weighted by atomic mass is 79.9. The first-order chi connectivity index (χ1) is 13.3. The average Bonchev–Trinajstić information content (AvgIpc) is 2.90. The Morgan fingerprint density at radius 2 is 2.00 bits per heavy atom. The zero-order valence-electron chi connectivity index (χ0n) is 14.8. The highest BCUT2D eigenvalue weighted by Gasteiger charge is 2.30. The van der Waals surface area contributed by atoms with E-state index in [2.05, 4.69) is 20.9 Å². The number of carbonyl (C=O) groups excluding carboxylic acids is 1. The molecule has 0 bridgehead atoms. The maximum Gasteiger partial charge on any atom is 0.335 e. The van der Waals surface area contributed by atoms with E-state index in [-0.39, 0.29) is 11.5 Å². The normalized spacial score (nSPS) is 16.9. The van der Waals surface area contributed by atoms with Gasteiger partial charge in [-0.3, -0.25) is 9.69 Å². The molecule has 0 aliphatic carbocycles. The van der Waals surface area contributed by atoms with E-state index in [1.165, 1.54) is 35.9 Å². The number of hydrogen-bond donors (Lipinski definition) is 1. The zero-order valence-corrected chi connectivity index (χ0v) is 17.9. The van der Waals surface area contributed by atoms with Crippen molar-refractivity contribution in [2.24, 2.45) is 4.99 Å².